The summed E-state index contributed by atoms with van der Waals surface area (Å²) >= 11 is 5.67. The smallest absolute Gasteiger partial charge is 0.347 e. The Labute approximate surface area is 324 Å². The van der Waals surface area contributed by atoms with E-state index in [9.17, 15) is 14.4 Å². The first-order valence-electron chi connectivity index (χ1n) is 17.0. The number of hydrogen-bond acceptors (Lipinski definition) is 15. The van der Waals surface area contributed by atoms with Crippen LogP contribution in [0.4, 0.5) is 0 Å². The van der Waals surface area contributed by atoms with E-state index >= 15 is 0 Å². The van der Waals surface area contributed by atoms with Crippen LogP contribution >= 0.6 is 12.2 Å². The minimum Gasteiger partial charge on any atom is -0.493 e. The second-order valence-corrected chi connectivity index (χ2v) is 12.8. The Bertz CT molecular complexity index is 1920. The summed E-state index contributed by atoms with van der Waals surface area (Å²) in [5.74, 6) is -5.10. The van der Waals surface area contributed by atoms with Gasteiger partial charge in [-0.1, -0.05) is 24.3 Å². The number of benzene rings is 2. The lowest BCUT2D eigenvalue weighted by Gasteiger charge is -2.58. The van der Waals surface area contributed by atoms with Crippen LogP contribution in [0.2, 0.25) is 0 Å². The lowest BCUT2D eigenvalue weighted by atomic mass is 9.53. The zero-order valence-corrected chi connectivity index (χ0v) is 32.5. The van der Waals surface area contributed by atoms with Crippen molar-refractivity contribution >= 4 is 35.3 Å². The van der Waals surface area contributed by atoms with E-state index in [1.165, 1.54) is 79.9 Å². The summed E-state index contributed by atoms with van der Waals surface area (Å²) < 4.78 is 58.2. The lowest BCUT2D eigenvalue weighted by molar-refractivity contribution is -0.313. The van der Waals surface area contributed by atoms with Crippen molar-refractivity contribution in [3.8, 4) is 23.0 Å². The van der Waals surface area contributed by atoms with Gasteiger partial charge in [0, 0.05) is 50.9 Å². The van der Waals surface area contributed by atoms with Crippen LogP contribution in [0.15, 0.2) is 78.9 Å². The predicted octanol–water partition coefficient (Wildman–Crippen LogP) is 4.07. The Kier molecular flexibility index (Phi) is 13.2. The van der Waals surface area contributed by atoms with Crippen LogP contribution in [0, 0.1) is 17.8 Å². The molecule has 2 bridgehead atoms. The molecule has 4 unspecified atom stereocenters. The third-order valence-electron chi connectivity index (χ3n) is 9.93. The van der Waals surface area contributed by atoms with Crippen molar-refractivity contribution in [2.45, 2.75) is 30.3 Å². The second kappa shape index (κ2) is 17.8. The van der Waals surface area contributed by atoms with Gasteiger partial charge in [-0.05, 0) is 53.2 Å². The van der Waals surface area contributed by atoms with Crippen LogP contribution in [0.25, 0.3) is 0 Å². The van der Waals surface area contributed by atoms with Crippen molar-refractivity contribution in [2.24, 2.45) is 17.8 Å². The highest BCUT2D eigenvalue weighted by Gasteiger charge is 2.67. The van der Waals surface area contributed by atoms with Gasteiger partial charge >= 0.3 is 17.9 Å². The minimum atomic E-state index is -1.64. The Balaban J connectivity index is 1.57. The van der Waals surface area contributed by atoms with Crippen LogP contribution in [0.3, 0.4) is 0 Å². The largest absolute Gasteiger partial charge is 0.493 e. The number of ether oxygens (including phenoxy) is 10. The fraction of sp³-hybridized carbons (Fsp3) is 0.410. The normalized spacial score (nSPS) is 21.5. The third-order valence-corrected chi connectivity index (χ3v) is 10.2. The predicted molar refractivity (Wildman–Crippen MR) is 199 cm³/mol. The number of rotatable bonds is 15. The molecule has 15 nitrogen and oxygen atoms in total. The summed E-state index contributed by atoms with van der Waals surface area (Å²) in [5, 5.41) is 0.0617. The van der Waals surface area contributed by atoms with Gasteiger partial charge in [0.25, 0.3) is 5.17 Å². The molecule has 6 rings (SSSR count). The zero-order chi connectivity index (χ0) is 39.9. The van der Waals surface area contributed by atoms with Crippen LogP contribution in [0.1, 0.15) is 17.0 Å². The van der Waals surface area contributed by atoms with Crippen molar-refractivity contribution < 1.29 is 61.8 Å². The van der Waals surface area contributed by atoms with E-state index in [1.807, 2.05) is 12.1 Å². The fourth-order valence-electron chi connectivity index (χ4n) is 7.49. The maximum absolute atomic E-state index is 14.0. The quantitative estimate of drug-likeness (QED) is 0.0713. The first-order valence-corrected chi connectivity index (χ1v) is 17.4. The second-order valence-electron chi connectivity index (χ2n) is 12.5. The van der Waals surface area contributed by atoms with E-state index < -0.39 is 59.6 Å². The molecule has 1 fully saturated rings. The summed E-state index contributed by atoms with van der Waals surface area (Å²) in [6.45, 7) is 0. The standard InChI is InChI=1S/C39H44N2O13S/c1-45-26-12-9-22(17-28(26)47-3)18-30(36(43)49-5)53-31(42)14-11-24-19-25-32(23-10-13-27(46-2)29(20-23)48-4)33(37(44)50-6)34(24)39(51-7,52-8)35(25)54-38(55)41-16-15-40-21-41/h9-17,19-21,25,30,32-35H,18H2,1-8H3/b14-11+/t25?,30-,32?,33?,34?,35-/m1/s1. The third kappa shape index (κ3) is 8.02. The molecule has 1 saturated carbocycles. The molecular weight excluding hydrogens is 736 g/mol. The van der Waals surface area contributed by atoms with Crippen LogP contribution < -0.4 is 18.9 Å². The SMILES string of the molecule is COC(=O)C1C(c2ccc(OC)c(OC)c2)C2C=C(/C=C/C(=O)O[C@H](Cc3ccc(OC)c(OC)c3)C(=O)OC)C1C(OC)(OC)[C@@H]2OC(=S)n1ccnc1. The van der Waals surface area contributed by atoms with Gasteiger partial charge in [-0.15, -0.1) is 0 Å². The van der Waals surface area contributed by atoms with Gasteiger partial charge in [-0.3, -0.25) is 9.36 Å². The highest BCUT2D eigenvalue weighted by Crippen LogP contribution is 2.60. The number of carbonyl (C=O) groups is 3. The molecule has 294 valence electrons. The van der Waals surface area contributed by atoms with E-state index in [-0.39, 0.29) is 11.6 Å². The first-order chi connectivity index (χ1) is 26.5. The van der Waals surface area contributed by atoms with Crippen molar-refractivity contribution in [3.05, 3.63) is 90.0 Å². The number of allylic oxidation sites excluding steroid dienone is 1. The van der Waals surface area contributed by atoms with Gasteiger partial charge < -0.3 is 47.4 Å². The molecule has 0 radical (unpaired) electrons. The number of esters is 3. The van der Waals surface area contributed by atoms with Gasteiger partial charge in [-0.2, -0.15) is 0 Å². The highest BCUT2D eigenvalue weighted by atomic mass is 32.1. The van der Waals surface area contributed by atoms with E-state index in [2.05, 4.69) is 4.98 Å². The van der Waals surface area contributed by atoms with Crippen LogP contribution in [-0.4, -0.2) is 108 Å². The molecule has 0 saturated heterocycles. The van der Waals surface area contributed by atoms with E-state index in [1.54, 1.807) is 42.7 Å². The molecule has 3 aliphatic rings. The molecule has 3 aromatic rings. The van der Waals surface area contributed by atoms with E-state index in [0.29, 0.717) is 39.7 Å². The summed E-state index contributed by atoms with van der Waals surface area (Å²) in [7, 11) is 11.4. The molecule has 0 aliphatic heterocycles. The summed E-state index contributed by atoms with van der Waals surface area (Å²) in [4.78, 5) is 44.3. The molecular formula is C39H44N2O13S. The topological polar surface area (TPSA) is 161 Å². The Hall–Kier alpha value is -5.45. The number of fused-ring (bicyclic) bond motifs is 2. The minimum absolute atomic E-state index is 0.0102. The van der Waals surface area contributed by atoms with Crippen molar-refractivity contribution in [1.82, 2.24) is 9.55 Å². The molecule has 6 atom stereocenters. The van der Waals surface area contributed by atoms with Gasteiger partial charge in [-0.25, -0.2) is 14.6 Å². The van der Waals surface area contributed by atoms with Gasteiger partial charge in [0.15, 0.2) is 29.1 Å². The van der Waals surface area contributed by atoms with Crippen LogP contribution in [0.5, 0.6) is 23.0 Å². The average Bonchev–Trinajstić information content (AvgIpc) is 3.77. The van der Waals surface area contributed by atoms with Gasteiger partial charge in [0.05, 0.1) is 54.5 Å². The Morgan fingerprint density at radius 1 is 0.873 bits per heavy atom. The molecule has 16 heteroatoms. The number of imidazole rings is 1. The Morgan fingerprint density at radius 3 is 2.11 bits per heavy atom. The molecule has 0 amide bonds. The number of thiocarbonyl (C=S) groups is 1. The molecule has 1 heterocycles. The summed E-state index contributed by atoms with van der Waals surface area (Å²) in [6, 6.07) is 10.4. The molecule has 3 aliphatic carbocycles. The zero-order valence-electron chi connectivity index (χ0n) is 31.7. The van der Waals surface area contributed by atoms with Gasteiger partial charge in [0.1, 0.15) is 6.33 Å². The first kappa shape index (κ1) is 40.7. The number of hydrogen-bond donors (Lipinski definition) is 0. The van der Waals surface area contributed by atoms with Crippen molar-refractivity contribution in [2.75, 3.05) is 56.9 Å². The number of nitrogens with zero attached hydrogens (tertiary/aromatic N) is 2. The highest BCUT2D eigenvalue weighted by molar-refractivity contribution is 7.80. The van der Waals surface area contributed by atoms with E-state index in [4.69, 9.17) is 59.6 Å². The Morgan fingerprint density at radius 2 is 1.53 bits per heavy atom. The molecule has 55 heavy (non-hydrogen) atoms. The number of carbonyl (C=O) groups excluding carboxylic acids is 3. The maximum Gasteiger partial charge on any atom is 0.347 e. The van der Waals surface area contributed by atoms with Crippen LogP contribution in [-0.2, 0) is 49.2 Å². The van der Waals surface area contributed by atoms with Gasteiger partial charge in [0.2, 0.25) is 11.9 Å². The fourth-order valence-corrected chi connectivity index (χ4v) is 7.70. The molecule has 1 aromatic heterocycles. The van der Waals surface area contributed by atoms with Crippen molar-refractivity contribution in [3.63, 3.8) is 0 Å². The number of methoxy groups -OCH3 is 8. The number of aromatic nitrogens is 2. The summed E-state index contributed by atoms with van der Waals surface area (Å²) in [6.07, 6.45) is 7.00. The molecule has 0 spiro atoms. The molecule has 2 aromatic carbocycles. The average molecular weight is 781 g/mol. The molecule has 0 N–H and O–H groups in total. The monoisotopic (exact) mass is 780 g/mol. The van der Waals surface area contributed by atoms with E-state index in [0.717, 1.165) is 0 Å². The van der Waals surface area contributed by atoms with Crippen molar-refractivity contribution in [1.29, 1.82) is 0 Å². The summed E-state index contributed by atoms with van der Waals surface area (Å²) in [5.41, 5.74) is 1.82. The lowest BCUT2D eigenvalue weighted by Crippen LogP contribution is -2.67. The maximum atomic E-state index is 14.0.